The lowest BCUT2D eigenvalue weighted by Crippen LogP contribution is -2.04. The summed E-state index contributed by atoms with van der Waals surface area (Å²) in [6, 6.07) is 0. The van der Waals surface area contributed by atoms with Crippen LogP contribution in [0, 0.1) is 0 Å². The number of carbonyl (C=O) groups is 1. The lowest BCUT2D eigenvalue weighted by Gasteiger charge is -2.05. The van der Waals surface area contributed by atoms with Crippen LogP contribution in [0.5, 0.6) is 0 Å². The maximum atomic E-state index is 11.5. The van der Waals surface area contributed by atoms with Crippen molar-refractivity contribution in [1.82, 2.24) is 0 Å². The number of rotatable bonds is 3. The van der Waals surface area contributed by atoms with Crippen LogP contribution in [0.15, 0.2) is 10.4 Å². The molecule has 1 heterocycles. The molecule has 0 atom stereocenters. The maximum Gasteiger partial charge on any atom is 0.341 e. The number of hydrogen-bond donors (Lipinski definition) is 0. The van der Waals surface area contributed by atoms with Gasteiger partial charge >= 0.3 is 5.97 Å². The molecule has 0 N–H and O–H groups in total. The van der Waals surface area contributed by atoms with Gasteiger partial charge in [0.15, 0.2) is 0 Å². The monoisotopic (exact) mass is 225 g/mol. The highest BCUT2D eigenvalue weighted by Gasteiger charge is 2.21. The Balaban J connectivity index is 3.32. The zero-order valence-corrected chi connectivity index (χ0v) is 9.55. The molecule has 0 saturated heterocycles. The van der Waals surface area contributed by atoms with Gasteiger partial charge in [-0.25, -0.2) is 9.59 Å². The molecule has 80 valence electrons. The standard InChI is InChI=1S/C10H11NO3S/c1-6(2)7-4-15-9(11-5-12)8(7)10(13)14-3/h4,6H,1-3H3. The Morgan fingerprint density at radius 2 is 2.27 bits per heavy atom. The summed E-state index contributed by atoms with van der Waals surface area (Å²) < 4.78 is 4.65. The fourth-order valence-corrected chi connectivity index (χ4v) is 2.25. The quantitative estimate of drug-likeness (QED) is 0.451. The SMILES string of the molecule is COC(=O)c1c(C(C)C)csc1N=C=O. The van der Waals surface area contributed by atoms with E-state index in [9.17, 15) is 9.59 Å². The van der Waals surface area contributed by atoms with Gasteiger partial charge in [0, 0.05) is 0 Å². The van der Waals surface area contributed by atoms with Crippen molar-refractivity contribution in [1.29, 1.82) is 0 Å². The van der Waals surface area contributed by atoms with Crippen LogP contribution in [-0.2, 0) is 9.53 Å². The minimum atomic E-state index is -0.464. The van der Waals surface area contributed by atoms with Crippen molar-refractivity contribution in [3.05, 3.63) is 16.5 Å². The molecular formula is C10H11NO3S. The third kappa shape index (κ3) is 2.32. The smallest absolute Gasteiger partial charge is 0.341 e. The van der Waals surface area contributed by atoms with Crippen LogP contribution >= 0.6 is 11.3 Å². The summed E-state index contributed by atoms with van der Waals surface area (Å²) in [5.41, 5.74) is 1.22. The Hall–Kier alpha value is -1.45. The van der Waals surface area contributed by atoms with Crippen LogP contribution in [0.25, 0.3) is 0 Å². The van der Waals surface area contributed by atoms with Crippen molar-refractivity contribution in [2.75, 3.05) is 7.11 Å². The molecule has 0 aliphatic heterocycles. The van der Waals surface area contributed by atoms with Crippen LogP contribution in [-0.4, -0.2) is 19.2 Å². The Morgan fingerprint density at radius 3 is 2.73 bits per heavy atom. The zero-order chi connectivity index (χ0) is 11.4. The first-order valence-electron chi connectivity index (χ1n) is 4.39. The molecule has 0 amide bonds. The van der Waals surface area contributed by atoms with E-state index >= 15 is 0 Å². The molecular weight excluding hydrogens is 214 g/mol. The van der Waals surface area contributed by atoms with E-state index in [-0.39, 0.29) is 5.92 Å². The molecule has 0 unspecified atom stereocenters. The summed E-state index contributed by atoms with van der Waals surface area (Å²) >= 11 is 1.24. The summed E-state index contributed by atoms with van der Waals surface area (Å²) in [4.78, 5) is 25.2. The number of hydrogen-bond acceptors (Lipinski definition) is 5. The first-order chi connectivity index (χ1) is 7.11. The van der Waals surface area contributed by atoms with Gasteiger partial charge in [-0.3, -0.25) is 0 Å². The zero-order valence-electron chi connectivity index (χ0n) is 8.73. The van der Waals surface area contributed by atoms with Gasteiger partial charge in [-0.15, -0.1) is 11.3 Å². The predicted octanol–water partition coefficient (Wildman–Crippen LogP) is 2.63. The third-order valence-corrected chi connectivity index (χ3v) is 2.85. The van der Waals surface area contributed by atoms with Crippen molar-refractivity contribution < 1.29 is 14.3 Å². The summed E-state index contributed by atoms with van der Waals surface area (Å²) in [5.74, 6) is -0.278. The minimum Gasteiger partial charge on any atom is -0.465 e. The molecule has 1 aromatic heterocycles. The number of methoxy groups -OCH3 is 1. The van der Waals surface area contributed by atoms with E-state index in [1.54, 1.807) is 0 Å². The number of thiophene rings is 1. The molecule has 4 nitrogen and oxygen atoms in total. The van der Waals surface area contributed by atoms with Gasteiger partial charge in [-0.2, -0.15) is 4.99 Å². The van der Waals surface area contributed by atoms with E-state index in [1.807, 2.05) is 19.2 Å². The van der Waals surface area contributed by atoms with Gasteiger partial charge in [-0.1, -0.05) is 13.8 Å². The number of esters is 1. The Labute approximate surface area is 91.6 Å². The summed E-state index contributed by atoms with van der Waals surface area (Å²) in [6.07, 6.45) is 1.43. The highest BCUT2D eigenvalue weighted by molar-refractivity contribution is 7.14. The number of isocyanates is 1. The largest absolute Gasteiger partial charge is 0.465 e. The van der Waals surface area contributed by atoms with Crippen molar-refractivity contribution >= 4 is 28.4 Å². The second-order valence-corrected chi connectivity index (χ2v) is 4.08. The first-order valence-corrected chi connectivity index (χ1v) is 5.27. The van der Waals surface area contributed by atoms with E-state index in [4.69, 9.17) is 0 Å². The molecule has 0 spiro atoms. The first kappa shape index (κ1) is 11.6. The lowest BCUT2D eigenvalue weighted by molar-refractivity contribution is 0.0600. The van der Waals surface area contributed by atoms with Crippen molar-refractivity contribution in [3.63, 3.8) is 0 Å². The minimum absolute atomic E-state index is 0.186. The molecule has 0 aliphatic rings. The van der Waals surface area contributed by atoms with Crippen molar-refractivity contribution in [3.8, 4) is 0 Å². The van der Waals surface area contributed by atoms with Gasteiger partial charge in [0.25, 0.3) is 0 Å². The molecule has 0 bridgehead atoms. The summed E-state index contributed by atoms with van der Waals surface area (Å²) in [6.45, 7) is 3.92. The van der Waals surface area contributed by atoms with Gasteiger partial charge in [0.05, 0.1) is 7.11 Å². The highest BCUT2D eigenvalue weighted by Crippen LogP contribution is 2.35. The number of nitrogens with zero attached hydrogens (tertiary/aromatic N) is 1. The average molecular weight is 225 g/mol. The van der Waals surface area contributed by atoms with Crippen LogP contribution in [0.3, 0.4) is 0 Å². The summed E-state index contributed by atoms with van der Waals surface area (Å²) in [7, 11) is 1.30. The van der Waals surface area contributed by atoms with Crippen molar-refractivity contribution in [2.45, 2.75) is 19.8 Å². The van der Waals surface area contributed by atoms with Gasteiger partial charge in [0.2, 0.25) is 6.08 Å². The Kier molecular flexibility index (Phi) is 3.77. The average Bonchev–Trinajstić information content (AvgIpc) is 2.61. The fourth-order valence-electron chi connectivity index (χ4n) is 1.22. The summed E-state index contributed by atoms with van der Waals surface area (Å²) in [5, 5.41) is 2.17. The van der Waals surface area contributed by atoms with Gasteiger partial charge in [0.1, 0.15) is 10.6 Å². The molecule has 0 aromatic carbocycles. The predicted molar refractivity (Wildman–Crippen MR) is 57.5 cm³/mol. The molecule has 15 heavy (non-hydrogen) atoms. The third-order valence-electron chi connectivity index (χ3n) is 1.96. The van der Waals surface area contributed by atoms with Crippen LogP contribution in [0.2, 0.25) is 0 Å². The van der Waals surface area contributed by atoms with Gasteiger partial charge in [-0.05, 0) is 16.9 Å². The van der Waals surface area contributed by atoms with E-state index < -0.39 is 5.97 Å². The molecule has 0 fully saturated rings. The number of ether oxygens (including phenoxy) is 1. The Bertz CT molecular complexity index is 416. The van der Waals surface area contributed by atoms with E-state index in [0.717, 1.165) is 5.56 Å². The second-order valence-electron chi connectivity index (χ2n) is 3.22. The second kappa shape index (κ2) is 4.87. The fraction of sp³-hybridized carbons (Fsp3) is 0.400. The molecule has 1 aromatic rings. The van der Waals surface area contributed by atoms with Crippen LogP contribution in [0.4, 0.5) is 5.00 Å². The topological polar surface area (TPSA) is 55.7 Å². The normalized spacial score (nSPS) is 9.87. The van der Waals surface area contributed by atoms with E-state index in [1.165, 1.54) is 24.5 Å². The molecule has 1 rings (SSSR count). The Morgan fingerprint density at radius 1 is 1.60 bits per heavy atom. The van der Waals surface area contributed by atoms with Crippen LogP contribution < -0.4 is 0 Å². The van der Waals surface area contributed by atoms with Gasteiger partial charge < -0.3 is 4.74 Å². The van der Waals surface area contributed by atoms with Crippen LogP contribution in [0.1, 0.15) is 35.7 Å². The molecule has 5 heteroatoms. The number of aliphatic imine (C=N–C) groups is 1. The van der Waals surface area contributed by atoms with E-state index in [0.29, 0.717) is 10.6 Å². The van der Waals surface area contributed by atoms with E-state index in [2.05, 4.69) is 9.73 Å². The van der Waals surface area contributed by atoms with Crippen molar-refractivity contribution in [2.24, 2.45) is 4.99 Å². The number of carbonyl (C=O) groups excluding carboxylic acids is 2. The molecule has 0 aliphatic carbocycles. The molecule has 0 saturated carbocycles. The molecule has 0 radical (unpaired) electrons. The lowest BCUT2D eigenvalue weighted by atomic mass is 10.0. The highest BCUT2D eigenvalue weighted by atomic mass is 32.1. The maximum absolute atomic E-state index is 11.5.